The highest BCUT2D eigenvalue weighted by Crippen LogP contribution is 2.25. The third-order valence-electron chi connectivity index (χ3n) is 4.74. The lowest BCUT2D eigenvalue weighted by atomic mass is 10.0. The van der Waals surface area contributed by atoms with Gasteiger partial charge in [0, 0.05) is 5.69 Å². The largest absolute Gasteiger partial charge is 0.508 e. The summed E-state index contributed by atoms with van der Waals surface area (Å²) in [5, 5.41) is 29.9. The maximum Gasteiger partial charge on any atom is 0.279 e. The molecule has 0 radical (unpaired) electrons. The molecule has 3 aromatic carbocycles. The minimum atomic E-state index is -0.529. The second-order valence-electron chi connectivity index (χ2n) is 6.85. The number of aromatic nitrogens is 3. The van der Waals surface area contributed by atoms with Crippen molar-refractivity contribution in [1.29, 1.82) is 0 Å². The fourth-order valence-corrected chi connectivity index (χ4v) is 3.16. The monoisotopic (exact) mass is 416 g/mol. The molecule has 0 bridgehead atoms. The Kier molecular flexibility index (Phi) is 5.53. The topological polar surface area (TPSA) is 110 Å². The van der Waals surface area contributed by atoms with Crippen LogP contribution in [-0.4, -0.2) is 38.2 Å². The van der Waals surface area contributed by atoms with Gasteiger partial charge in [-0.2, -0.15) is 0 Å². The Balaban J connectivity index is 1.54. The van der Waals surface area contributed by atoms with Gasteiger partial charge in [0.2, 0.25) is 0 Å². The smallest absolute Gasteiger partial charge is 0.279 e. The average Bonchev–Trinajstić information content (AvgIpc) is 3.15. The van der Waals surface area contributed by atoms with Crippen LogP contribution in [0.15, 0.2) is 72.8 Å². The van der Waals surface area contributed by atoms with E-state index >= 15 is 0 Å². The van der Waals surface area contributed by atoms with E-state index in [1.54, 1.807) is 55.6 Å². The van der Waals surface area contributed by atoms with Crippen molar-refractivity contribution in [2.45, 2.75) is 6.54 Å². The van der Waals surface area contributed by atoms with Crippen LogP contribution in [-0.2, 0) is 6.54 Å². The molecule has 8 nitrogen and oxygen atoms in total. The van der Waals surface area contributed by atoms with Crippen LogP contribution in [0.2, 0.25) is 0 Å². The van der Waals surface area contributed by atoms with E-state index in [2.05, 4.69) is 15.6 Å². The summed E-state index contributed by atoms with van der Waals surface area (Å²) in [4.78, 5) is 12.9. The molecule has 0 unspecified atom stereocenters. The number of methoxy groups -OCH3 is 1. The zero-order valence-electron chi connectivity index (χ0n) is 16.7. The van der Waals surface area contributed by atoms with Crippen molar-refractivity contribution in [3.63, 3.8) is 0 Å². The van der Waals surface area contributed by atoms with Gasteiger partial charge in [-0.05, 0) is 53.1 Å². The molecule has 4 aromatic rings. The first-order chi connectivity index (χ1) is 15.0. The predicted molar refractivity (Wildman–Crippen MR) is 115 cm³/mol. The van der Waals surface area contributed by atoms with E-state index < -0.39 is 11.8 Å². The second-order valence-corrected chi connectivity index (χ2v) is 6.85. The summed E-state index contributed by atoms with van der Waals surface area (Å²) in [5.41, 5.74) is 3.14. The summed E-state index contributed by atoms with van der Waals surface area (Å²) in [7, 11) is 1.59. The first kappa shape index (κ1) is 20.0. The van der Waals surface area contributed by atoms with Gasteiger partial charge in [0.05, 0.1) is 13.7 Å². The predicted octanol–water partition coefficient (Wildman–Crippen LogP) is 3.67. The standard InChI is InChI=1S/C23H20N4O4/c1-31-20-11-5-15(6-12-20)14-27-21(23(30)25-26-27)22(29)24-18-4-2-3-17(13-18)16-7-9-19(28)10-8-16/h2-13,28,30H,14H2,1H3,(H,24,29). The minimum absolute atomic E-state index is 0.0362. The molecule has 1 aromatic heterocycles. The molecule has 1 amide bonds. The zero-order chi connectivity index (χ0) is 21.8. The number of hydrogen-bond donors (Lipinski definition) is 3. The fourth-order valence-electron chi connectivity index (χ4n) is 3.16. The SMILES string of the molecule is COc1ccc(Cn2nnc(O)c2C(=O)Nc2cccc(-c3ccc(O)cc3)c2)cc1. The first-order valence-corrected chi connectivity index (χ1v) is 9.49. The summed E-state index contributed by atoms with van der Waals surface area (Å²) >= 11 is 0. The molecular formula is C23H20N4O4. The molecule has 0 saturated carbocycles. The van der Waals surface area contributed by atoms with Crippen LogP contribution in [0, 0.1) is 0 Å². The summed E-state index contributed by atoms with van der Waals surface area (Å²) < 4.78 is 6.49. The van der Waals surface area contributed by atoms with Gasteiger partial charge in [-0.15, -0.1) is 0 Å². The normalized spacial score (nSPS) is 10.6. The highest BCUT2D eigenvalue weighted by molar-refractivity contribution is 6.04. The van der Waals surface area contributed by atoms with E-state index in [1.807, 2.05) is 24.3 Å². The van der Waals surface area contributed by atoms with Gasteiger partial charge in [0.1, 0.15) is 11.5 Å². The van der Waals surface area contributed by atoms with Crippen molar-refractivity contribution in [3.8, 4) is 28.5 Å². The van der Waals surface area contributed by atoms with Crippen LogP contribution in [0.25, 0.3) is 11.1 Å². The average molecular weight is 416 g/mol. The van der Waals surface area contributed by atoms with Crippen LogP contribution >= 0.6 is 0 Å². The van der Waals surface area contributed by atoms with Gasteiger partial charge in [-0.1, -0.05) is 46.7 Å². The van der Waals surface area contributed by atoms with E-state index in [0.717, 1.165) is 22.4 Å². The highest BCUT2D eigenvalue weighted by atomic mass is 16.5. The molecule has 0 fully saturated rings. The lowest BCUT2D eigenvalue weighted by molar-refractivity contribution is 0.101. The molecule has 1 heterocycles. The van der Waals surface area contributed by atoms with Crippen molar-refractivity contribution >= 4 is 11.6 Å². The third-order valence-corrected chi connectivity index (χ3v) is 4.74. The van der Waals surface area contributed by atoms with Gasteiger partial charge < -0.3 is 20.3 Å². The lowest BCUT2D eigenvalue weighted by Crippen LogP contribution is -2.18. The molecule has 0 aliphatic rings. The molecular weight excluding hydrogens is 396 g/mol. The number of phenolic OH excluding ortho intramolecular Hbond substituents is 1. The van der Waals surface area contributed by atoms with E-state index in [0.29, 0.717) is 5.69 Å². The molecule has 156 valence electrons. The number of nitrogens with one attached hydrogen (secondary N) is 1. The Morgan fingerprint density at radius 3 is 2.45 bits per heavy atom. The summed E-state index contributed by atoms with van der Waals surface area (Å²) in [5.74, 6) is -0.0717. The second kappa shape index (κ2) is 8.58. The maximum atomic E-state index is 12.9. The summed E-state index contributed by atoms with van der Waals surface area (Å²) in [6, 6.07) is 21.3. The lowest BCUT2D eigenvalue weighted by Gasteiger charge is -2.10. The van der Waals surface area contributed by atoms with Crippen LogP contribution in [0.1, 0.15) is 16.1 Å². The number of benzene rings is 3. The van der Waals surface area contributed by atoms with Gasteiger partial charge >= 0.3 is 0 Å². The van der Waals surface area contributed by atoms with Crippen molar-refractivity contribution in [3.05, 3.63) is 84.1 Å². The summed E-state index contributed by atoms with van der Waals surface area (Å²) in [6.07, 6.45) is 0. The maximum absolute atomic E-state index is 12.9. The number of phenols is 1. The van der Waals surface area contributed by atoms with Crippen molar-refractivity contribution in [2.75, 3.05) is 12.4 Å². The number of ether oxygens (including phenoxy) is 1. The van der Waals surface area contributed by atoms with Crippen LogP contribution < -0.4 is 10.1 Å². The first-order valence-electron chi connectivity index (χ1n) is 9.49. The molecule has 0 aliphatic heterocycles. The Morgan fingerprint density at radius 2 is 1.74 bits per heavy atom. The van der Waals surface area contributed by atoms with Gasteiger partial charge in [-0.25, -0.2) is 4.68 Å². The van der Waals surface area contributed by atoms with Gasteiger partial charge in [0.25, 0.3) is 11.8 Å². The fraction of sp³-hybridized carbons (Fsp3) is 0.0870. The van der Waals surface area contributed by atoms with Gasteiger partial charge in [-0.3, -0.25) is 4.79 Å². The van der Waals surface area contributed by atoms with Gasteiger partial charge in [0.15, 0.2) is 5.69 Å². The number of nitrogens with zero attached hydrogens (tertiary/aromatic N) is 3. The Labute approximate surface area is 178 Å². The molecule has 0 atom stereocenters. The van der Waals surface area contributed by atoms with Crippen LogP contribution in [0.4, 0.5) is 5.69 Å². The number of carbonyl (C=O) groups excluding carboxylic acids is 1. The van der Waals surface area contributed by atoms with Crippen LogP contribution in [0.5, 0.6) is 17.4 Å². The number of aromatic hydroxyl groups is 2. The zero-order valence-corrected chi connectivity index (χ0v) is 16.7. The number of hydrogen-bond acceptors (Lipinski definition) is 6. The Morgan fingerprint density at radius 1 is 1.00 bits per heavy atom. The van der Waals surface area contributed by atoms with Crippen molar-refractivity contribution in [2.24, 2.45) is 0 Å². The number of rotatable bonds is 6. The third kappa shape index (κ3) is 4.48. The van der Waals surface area contributed by atoms with E-state index in [9.17, 15) is 15.0 Å². The Bertz CT molecular complexity index is 1200. The highest BCUT2D eigenvalue weighted by Gasteiger charge is 2.20. The number of amides is 1. The van der Waals surface area contributed by atoms with E-state index in [-0.39, 0.29) is 18.0 Å². The Hall–Kier alpha value is -4.33. The minimum Gasteiger partial charge on any atom is -0.508 e. The van der Waals surface area contributed by atoms with E-state index in [4.69, 9.17) is 4.74 Å². The van der Waals surface area contributed by atoms with E-state index in [1.165, 1.54) is 4.68 Å². The molecule has 0 spiro atoms. The van der Waals surface area contributed by atoms with Crippen molar-refractivity contribution < 1.29 is 19.7 Å². The number of carbonyl (C=O) groups is 1. The molecule has 0 aliphatic carbocycles. The quantitative estimate of drug-likeness (QED) is 0.443. The summed E-state index contributed by atoms with van der Waals surface area (Å²) in [6.45, 7) is 0.258. The molecule has 31 heavy (non-hydrogen) atoms. The molecule has 8 heteroatoms. The van der Waals surface area contributed by atoms with Crippen molar-refractivity contribution in [1.82, 2.24) is 15.0 Å². The molecule has 3 N–H and O–H groups in total. The number of anilines is 1. The molecule has 0 saturated heterocycles. The molecule has 4 rings (SSSR count). The van der Waals surface area contributed by atoms with Crippen LogP contribution in [0.3, 0.4) is 0 Å².